The summed E-state index contributed by atoms with van der Waals surface area (Å²) in [5, 5.41) is 18.2. The van der Waals surface area contributed by atoms with E-state index < -0.39 is 23.2 Å². The number of halogens is 3. The summed E-state index contributed by atoms with van der Waals surface area (Å²) in [5.41, 5.74) is 7.84. The van der Waals surface area contributed by atoms with Crippen molar-refractivity contribution in [2.75, 3.05) is 7.05 Å². The number of nitrogens with zero attached hydrogens (tertiary/aromatic N) is 3. The summed E-state index contributed by atoms with van der Waals surface area (Å²) >= 11 is 0. The lowest BCUT2D eigenvalue weighted by Gasteiger charge is -2.29. The first-order valence-corrected chi connectivity index (χ1v) is 8.49. The fraction of sp³-hybridized carbons (Fsp3) is 0.471. The lowest BCUT2D eigenvalue weighted by molar-refractivity contribution is -0.137. The molecule has 0 aliphatic heterocycles. The maximum atomic E-state index is 13.0. The van der Waals surface area contributed by atoms with Crippen LogP contribution in [-0.4, -0.2) is 30.9 Å². The molecular formula is C17H19F3N6O2. The highest BCUT2D eigenvalue weighted by molar-refractivity contribution is 6.38. The van der Waals surface area contributed by atoms with Gasteiger partial charge in [0.1, 0.15) is 5.75 Å². The van der Waals surface area contributed by atoms with Crippen molar-refractivity contribution in [3.8, 4) is 11.8 Å². The van der Waals surface area contributed by atoms with Crippen LogP contribution < -0.4 is 15.5 Å². The molecule has 0 unspecified atom stereocenters. The number of hydrogen-bond donors (Lipinski definition) is 3. The molecule has 1 aromatic rings. The predicted molar refractivity (Wildman–Crippen MR) is 92.6 cm³/mol. The van der Waals surface area contributed by atoms with Crippen molar-refractivity contribution in [2.45, 2.75) is 44.0 Å². The molecular weight excluding hydrogens is 377 g/mol. The summed E-state index contributed by atoms with van der Waals surface area (Å²) in [4.78, 5) is 11.9. The Bertz CT molecular complexity index is 795. The summed E-state index contributed by atoms with van der Waals surface area (Å²) in [5.74, 6) is -0.816. The Morgan fingerprint density at radius 1 is 1.32 bits per heavy atom. The number of amides is 1. The lowest BCUT2D eigenvalue weighted by Crippen LogP contribution is -2.42. The predicted octanol–water partition coefficient (Wildman–Crippen LogP) is 2.95. The van der Waals surface area contributed by atoms with E-state index in [1.807, 2.05) is 0 Å². The molecule has 0 atom stereocenters. The van der Waals surface area contributed by atoms with E-state index in [0.717, 1.165) is 12.1 Å². The van der Waals surface area contributed by atoms with E-state index in [0.29, 0.717) is 25.7 Å². The second kappa shape index (κ2) is 9.16. The van der Waals surface area contributed by atoms with Gasteiger partial charge in [-0.2, -0.15) is 23.5 Å². The van der Waals surface area contributed by atoms with Gasteiger partial charge in [-0.25, -0.2) is 5.53 Å². The van der Waals surface area contributed by atoms with Crippen molar-refractivity contribution in [3.05, 3.63) is 29.3 Å². The number of hydrazone groups is 1. The first kappa shape index (κ1) is 21.1. The summed E-state index contributed by atoms with van der Waals surface area (Å²) in [6.45, 7) is 0. The second-order valence-corrected chi connectivity index (χ2v) is 6.15. The number of alkyl halides is 3. The number of rotatable bonds is 4. The van der Waals surface area contributed by atoms with E-state index in [-0.39, 0.29) is 23.7 Å². The van der Waals surface area contributed by atoms with Crippen LogP contribution in [0.4, 0.5) is 13.2 Å². The van der Waals surface area contributed by atoms with E-state index in [9.17, 15) is 18.0 Å². The molecule has 0 aromatic heterocycles. The van der Waals surface area contributed by atoms with E-state index in [1.165, 1.54) is 19.2 Å². The average molecular weight is 396 g/mol. The Kier molecular flexibility index (Phi) is 6.92. The topological polar surface area (TPSA) is 123 Å². The minimum atomic E-state index is -4.64. The first-order valence-electron chi connectivity index (χ1n) is 8.49. The Labute approximate surface area is 159 Å². The Morgan fingerprint density at radius 2 is 2.00 bits per heavy atom. The largest absolute Gasteiger partial charge is 0.490 e. The molecule has 1 aliphatic rings. The average Bonchev–Trinajstić information content (AvgIpc) is 2.66. The molecule has 1 saturated carbocycles. The van der Waals surface area contributed by atoms with E-state index in [4.69, 9.17) is 15.5 Å². The first-order chi connectivity index (χ1) is 13.3. The van der Waals surface area contributed by atoms with Crippen LogP contribution in [0.25, 0.3) is 0 Å². The monoisotopic (exact) mass is 396 g/mol. The fourth-order valence-electron chi connectivity index (χ4n) is 2.93. The molecule has 1 fully saturated rings. The summed E-state index contributed by atoms with van der Waals surface area (Å²) in [6, 6.07) is 4.64. The second-order valence-electron chi connectivity index (χ2n) is 6.15. The van der Waals surface area contributed by atoms with Gasteiger partial charge in [0.2, 0.25) is 0 Å². The molecule has 3 N–H and O–H groups in total. The third-order valence-electron chi connectivity index (χ3n) is 4.26. The molecule has 0 spiro atoms. The molecule has 150 valence electrons. The SMILES string of the molecule is CN/N=C(\N=N)C(=O)N[C@H]1CC[C@H](Oc2ccc(C#N)c(C(F)(F)F)c2)CC1. The number of benzene rings is 1. The number of carbonyl (C=O) groups is 1. The molecule has 0 heterocycles. The zero-order valence-electron chi connectivity index (χ0n) is 15.0. The van der Waals surface area contributed by atoms with Crippen LogP contribution in [0, 0.1) is 16.9 Å². The van der Waals surface area contributed by atoms with Gasteiger partial charge in [-0.15, -0.1) is 5.11 Å². The number of nitriles is 1. The van der Waals surface area contributed by atoms with Crippen LogP contribution in [0.1, 0.15) is 36.8 Å². The molecule has 8 nitrogen and oxygen atoms in total. The molecule has 0 bridgehead atoms. The Balaban J connectivity index is 1.94. The van der Waals surface area contributed by atoms with Crippen molar-refractivity contribution in [2.24, 2.45) is 10.2 Å². The quantitative estimate of drug-likeness (QED) is 0.313. The van der Waals surface area contributed by atoms with Gasteiger partial charge < -0.3 is 15.5 Å². The van der Waals surface area contributed by atoms with Crippen molar-refractivity contribution >= 4 is 11.7 Å². The van der Waals surface area contributed by atoms with E-state index in [2.05, 4.69) is 21.0 Å². The van der Waals surface area contributed by atoms with Crippen LogP contribution in [-0.2, 0) is 11.0 Å². The van der Waals surface area contributed by atoms with Gasteiger partial charge in [0, 0.05) is 13.1 Å². The zero-order valence-corrected chi connectivity index (χ0v) is 15.0. The van der Waals surface area contributed by atoms with Crippen molar-refractivity contribution in [3.63, 3.8) is 0 Å². The van der Waals surface area contributed by atoms with Crippen LogP contribution in [0.2, 0.25) is 0 Å². The normalized spacial score (nSPS) is 20.0. The number of carbonyl (C=O) groups excluding carboxylic acids is 1. The van der Waals surface area contributed by atoms with E-state index >= 15 is 0 Å². The molecule has 28 heavy (non-hydrogen) atoms. The highest BCUT2D eigenvalue weighted by Gasteiger charge is 2.34. The molecule has 0 saturated heterocycles. The molecule has 1 amide bonds. The van der Waals surface area contributed by atoms with Crippen LogP contribution in [0.15, 0.2) is 28.4 Å². The maximum absolute atomic E-state index is 13.0. The van der Waals surface area contributed by atoms with Crippen LogP contribution in [0.5, 0.6) is 5.75 Å². The van der Waals surface area contributed by atoms with Gasteiger partial charge >= 0.3 is 6.18 Å². The third kappa shape index (κ3) is 5.42. The van der Waals surface area contributed by atoms with Gasteiger partial charge in [0.25, 0.3) is 11.7 Å². The van der Waals surface area contributed by atoms with Gasteiger partial charge in [-0.3, -0.25) is 4.79 Å². The van der Waals surface area contributed by atoms with Gasteiger partial charge in [0.05, 0.1) is 23.3 Å². The lowest BCUT2D eigenvalue weighted by atomic mass is 9.93. The van der Waals surface area contributed by atoms with Crippen molar-refractivity contribution in [1.29, 1.82) is 10.8 Å². The minimum Gasteiger partial charge on any atom is -0.490 e. The van der Waals surface area contributed by atoms with Gasteiger partial charge in [-0.1, -0.05) is 0 Å². The molecule has 1 aliphatic carbocycles. The number of ether oxygens (including phenoxy) is 1. The van der Waals surface area contributed by atoms with E-state index in [1.54, 1.807) is 0 Å². The minimum absolute atomic E-state index is 0.0512. The number of amidine groups is 1. The highest BCUT2D eigenvalue weighted by Crippen LogP contribution is 2.35. The fourth-order valence-corrected chi connectivity index (χ4v) is 2.93. The summed E-state index contributed by atoms with van der Waals surface area (Å²) < 4.78 is 44.7. The Morgan fingerprint density at radius 3 is 2.54 bits per heavy atom. The van der Waals surface area contributed by atoms with Gasteiger partial charge in [-0.05, 0) is 43.9 Å². The summed E-state index contributed by atoms with van der Waals surface area (Å²) in [7, 11) is 1.48. The molecule has 2 rings (SSSR count). The maximum Gasteiger partial charge on any atom is 0.417 e. The number of nitrogens with one attached hydrogen (secondary N) is 3. The molecule has 11 heteroatoms. The Hall–Kier alpha value is -3.16. The summed E-state index contributed by atoms with van der Waals surface area (Å²) in [6.07, 6.45) is -2.76. The van der Waals surface area contributed by atoms with Crippen LogP contribution in [0.3, 0.4) is 0 Å². The van der Waals surface area contributed by atoms with Crippen molar-refractivity contribution < 1.29 is 22.7 Å². The number of hydrogen-bond acceptors (Lipinski definition) is 6. The third-order valence-corrected chi connectivity index (χ3v) is 4.26. The van der Waals surface area contributed by atoms with Crippen LogP contribution >= 0.6 is 0 Å². The zero-order chi connectivity index (χ0) is 20.7. The standard InChI is InChI=1S/C17H19F3N6O2/c1-23-26-15(25-22)16(27)24-11-3-6-12(7-4-11)28-13-5-2-10(9-21)14(8-13)17(18,19)20/h2,5,8,11-12,22-23H,3-4,6-7H2,1H3,(H,24,27)/b25-22?,26-15-/t11-,12-. The highest BCUT2D eigenvalue weighted by atomic mass is 19.4. The van der Waals surface area contributed by atoms with Gasteiger partial charge in [0.15, 0.2) is 0 Å². The molecule has 0 radical (unpaired) electrons. The van der Waals surface area contributed by atoms with Crippen molar-refractivity contribution in [1.82, 2.24) is 10.7 Å². The smallest absolute Gasteiger partial charge is 0.417 e. The molecule has 1 aromatic carbocycles.